The van der Waals surface area contributed by atoms with Gasteiger partial charge in [0.25, 0.3) is 0 Å². The van der Waals surface area contributed by atoms with Crippen molar-refractivity contribution in [3.63, 3.8) is 0 Å². The molecule has 1 fully saturated rings. The molecule has 0 atom stereocenters. The van der Waals surface area contributed by atoms with Gasteiger partial charge in [-0.3, -0.25) is 9.69 Å². The third-order valence-electron chi connectivity index (χ3n) is 3.49. The molecule has 0 unspecified atom stereocenters. The zero-order chi connectivity index (χ0) is 14.4. The van der Waals surface area contributed by atoms with Crippen LogP contribution in [0.1, 0.15) is 22.0 Å². The van der Waals surface area contributed by atoms with Crippen LogP contribution in [0.5, 0.6) is 0 Å². The van der Waals surface area contributed by atoms with Crippen molar-refractivity contribution in [3.8, 4) is 0 Å². The van der Waals surface area contributed by atoms with Gasteiger partial charge in [0, 0.05) is 43.9 Å². The standard InChI is InChI=1S/C14H23N3O2S/c1-11-12(2)20-14(16-11)4-3-13(18)15-5-6-17-7-9-19-10-8-17/h3-10H2,1-2H3,(H,15,18). The summed E-state index contributed by atoms with van der Waals surface area (Å²) in [7, 11) is 0. The van der Waals surface area contributed by atoms with Crippen molar-refractivity contribution < 1.29 is 9.53 Å². The molecule has 0 bridgehead atoms. The highest BCUT2D eigenvalue weighted by Crippen LogP contribution is 2.17. The summed E-state index contributed by atoms with van der Waals surface area (Å²) >= 11 is 1.69. The summed E-state index contributed by atoms with van der Waals surface area (Å²) in [6, 6.07) is 0. The van der Waals surface area contributed by atoms with Crippen LogP contribution in [0.15, 0.2) is 0 Å². The highest BCUT2D eigenvalue weighted by Gasteiger charge is 2.11. The van der Waals surface area contributed by atoms with E-state index in [1.54, 1.807) is 11.3 Å². The van der Waals surface area contributed by atoms with Crippen LogP contribution in [-0.4, -0.2) is 55.2 Å². The first kappa shape index (κ1) is 15.4. The van der Waals surface area contributed by atoms with E-state index in [-0.39, 0.29) is 5.91 Å². The largest absolute Gasteiger partial charge is 0.379 e. The molecule has 1 aliphatic rings. The van der Waals surface area contributed by atoms with Crippen molar-refractivity contribution in [2.75, 3.05) is 39.4 Å². The van der Waals surface area contributed by atoms with E-state index >= 15 is 0 Å². The molecule has 1 aromatic heterocycles. The van der Waals surface area contributed by atoms with Gasteiger partial charge in [0.2, 0.25) is 5.91 Å². The summed E-state index contributed by atoms with van der Waals surface area (Å²) in [6.45, 7) is 9.24. The Labute approximate surface area is 124 Å². The second-order valence-corrected chi connectivity index (χ2v) is 6.34. The van der Waals surface area contributed by atoms with Gasteiger partial charge in [0.15, 0.2) is 0 Å². The SMILES string of the molecule is Cc1nc(CCC(=O)NCCN2CCOCC2)sc1C. The molecule has 0 radical (unpaired) electrons. The lowest BCUT2D eigenvalue weighted by Gasteiger charge is -2.26. The van der Waals surface area contributed by atoms with Crippen LogP contribution in [0.2, 0.25) is 0 Å². The Morgan fingerprint density at radius 2 is 2.15 bits per heavy atom. The summed E-state index contributed by atoms with van der Waals surface area (Å²) in [6.07, 6.45) is 1.26. The molecule has 6 heteroatoms. The Hall–Kier alpha value is -0.980. The zero-order valence-corrected chi connectivity index (χ0v) is 13.1. The number of carbonyl (C=O) groups excluding carboxylic acids is 1. The minimum Gasteiger partial charge on any atom is -0.379 e. The molecular weight excluding hydrogens is 274 g/mol. The van der Waals surface area contributed by atoms with Gasteiger partial charge in [-0.25, -0.2) is 4.98 Å². The Morgan fingerprint density at radius 1 is 1.40 bits per heavy atom. The molecular formula is C14H23N3O2S. The Kier molecular flexibility index (Phi) is 5.94. The smallest absolute Gasteiger partial charge is 0.220 e. The summed E-state index contributed by atoms with van der Waals surface area (Å²) < 4.78 is 5.29. The van der Waals surface area contributed by atoms with Crippen LogP contribution in [0, 0.1) is 13.8 Å². The van der Waals surface area contributed by atoms with Gasteiger partial charge in [-0.2, -0.15) is 0 Å². The van der Waals surface area contributed by atoms with E-state index in [1.807, 2.05) is 6.92 Å². The Bertz CT molecular complexity index is 422. The number of thiazole rings is 1. The van der Waals surface area contributed by atoms with E-state index in [9.17, 15) is 4.79 Å². The molecule has 2 rings (SSSR count). The molecule has 112 valence electrons. The second-order valence-electron chi connectivity index (χ2n) is 5.05. The number of morpholine rings is 1. The average Bonchev–Trinajstić information content (AvgIpc) is 2.77. The number of hydrogen-bond acceptors (Lipinski definition) is 5. The quantitative estimate of drug-likeness (QED) is 0.855. The number of rotatable bonds is 6. The maximum Gasteiger partial charge on any atom is 0.220 e. The van der Waals surface area contributed by atoms with Crippen LogP contribution in [0.4, 0.5) is 0 Å². The number of hydrogen-bond donors (Lipinski definition) is 1. The van der Waals surface area contributed by atoms with E-state index in [1.165, 1.54) is 4.88 Å². The van der Waals surface area contributed by atoms with Gasteiger partial charge in [-0.1, -0.05) is 0 Å². The van der Waals surface area contributed by atoms with Gasteiger partial charge >= 0.3 is 0 Å². The Morgan fingerprint density at radius 3 is 2.80 bits per heavy atom. The van der Waals surface area contributed by atoms with E-state index in [0.29, 0.717) is 6.42 Å². The van der Waals surface area contributed by atoms with Crippen molar-refractivity contribution in [2.24, 2.45) is 0 Å². The fourth-order valence-electron chi connectivity index (χ4n) is 2.13. The van der Waals surface area contributed by atoms with Gasteiger partial charge < -0.3 is 10.1 Å². The second kappa shape index (κ2) is 7.71. The lowest BCUT2D eigenvalue weighted by molar-refractivity contribution is -0.121. The summed E-state index contributed by atoms with van der Waals surface area (Å²) in [5, 5.41) is 4.04. The number of amides is 1. The lowest BCUT2D eigenvalue weighted by atomic mass is 10.3. The van der Waals surface area contributed by atoms with Gasteiger partial charge in [0.1, 0.15) is 0 Å². The van der Waals surface area contributed by atoms with E-state index in [0.717, 1.165) is 56.5 Å². The van der Waals surface area contributed by atoms with Crippen LogP contribution < -0.4 is 5.32 Å². The molecule has 1 aliphatic heterocycles. The maximum absolute atomic E-state index is 11.8. The molecule has 1 amide bonds. The molecule has 5 nitrogen and oxygen atoms in total. The van der Waals surface area contributed by atoms with Crippen molar-refractivity contribution in [1.29, 1.82) is 0 Å². The van der Waals surface area contributed by atoms with Crippen LogP contribution in [0.3, 0.4) is 0 Å². The molecule has 2 heterocycles. The molecule has 0 saturated carbocycles. The van der Waals surface area contributed by atoms with E-state index in [4.69, 9.17) is 4.74 Å². The topological polar surface area (TPSA) is 54.5 Å². The van der Waals surface area contributed by atoms with Crippen LogP contribution in [-0.2, 0) is 16.0 Å². The number of carbonyl (C=O) groups is 1. The zero-order valence-electron chi connectivity index (χ0n) is 12.3. The van der Waals surface area contributed by atoms with Crippen LogP contribution >= 0.6 is 11.3 Å². The Balaban J connectivity index is 1.60. The first-order valence-electron chi connectivity index (χ1n) is 7.15. The first-order chi connectivity index (χ1) is 9.65. The normalized spacial score (nSPS) is 16.3. The summed E-state index contributed by atoms with van der Waals surface area (Å²) in [5.41, 5.74) is 1.08. The minimum absolute atomic E-state index is 0.115. The van der Waals surface area contributed by atoms with Crippen LogP contribution in [0.25, 0.3) is 0 Å². The van der Waals surface area contributed by atoms with Gasteiger partial charge in [-0.05, 0) is 13.8 Å². The predicted octanol–water partition coefficient (Wildman–Crippen LogP) is 1.14. The number of aryl methyl sites for hydroxylation is 3. The molecule has 0 aromatic carbocycles. The van der Waals surface area contributed by atoms with Crippen molar-refractivity contribution in [2.45, 2.75) is 26.7 Å². The highest BCUT2D eigenvalue weighted by molar-refractivity contribution is 7.11. The molecule has 1 N–H and O–H groups in total. The van der Waals surface area contributed by atoms with Crippen molar-refractivity contribution in [1.82, 2.24) is 15.2 Å². The summed E-state index contributed by atoms with van der Waals surface area (Å²) in [5.74, 6) is 0.115. The van der Waals surface area contributed by atoms with Gasteiger partial charge in [0.05, 0.1) is 23.9 Å². The van der Waals surface area contributed by atoms with Crippen molar-refractivity contribution >= 4 is 17.2 Å². The minimum atomic E-state index is 0.115. The number of nitrogens with zero attached hydrogens (tertiary/aromatic N) is 2. The van der Waals surface area contributed by atoms with Gasteiger partial charge in [-0.15, -0.1) is 11.3 Å². The fraction of sp³-hybridized carbons (Fsp3) is 0.714. The third kappa shape index (κ3) is 4.85. The molecule has 0 spiro atoms. The van der Waals surface area contributed by atoms with E-state index in [2.05, 4.69) is 22.1 Å². The monoisotopic (exact) mass is 297 g/mol. The summed E-state index contributed by atoms with van der Waals surface area (Å²) in [4.78, 5) is 19.8. The van der Waals surface area contributed by atoms with E-state index < -0.39 is 0 Å². The maximum atomic E-state index is 11.8. The number of aromatic nitrogens is 1. The fourth-order valence-corrected chi connectivity index (χ4v) is 3.07. The number of ether oxygens (including phenoxy) is 1. The highest BCUT2D eigenvalue weighted by atomic mass is 32.1. The number of nitrogens with one attached hydrogen (secondary N) is 1. The molecule has 1 saturated heterocycles. The first-order valence-corrected chi connectivity index (χ1v) is 7.96. The average molecular weight is 297 g/mol. The third-order valence-corrected chi connectivity index (χ3v) is 4.63. The molecule has 20 heavy (non-hydrogen) atoms. The predicted molar refractivity (Wildman–Crippen MR) is 80.2 cm³/mol. The van der Waals surface area contributed by atoms with Crippen molar-refractivity contribution in [3.05, 3.63) is 15.6 Å². The molecule has 0 aliphatic carbocycles. The lowest BCUT2D eigenvalue weighted by Crippen LogP contribution is -2.41. The molecule has 1 aromatic rings.